The molecule has 2 aromatic rings. The van der Waals surface area contributed by atoms with Crippen LogP contribution in [0.4, 0.5) is 4.79 Å². The predicted octanol–water partition coefficient (Wildman–Crippen LogP) is 3.80. The van der Waals surface area contributed by atoms with E-state index >= 15 is 0 Å². The number of fused-ring (bicyclic) bond motifs is 3. The van der Waals surface area contributed by atoms with Gasteiger partial charge in [0.2, 0.25) is 0 Å². The number of ether oxygens (including phenoxy) is 2. The molecule has 2 fully saturated rings. The van der Waals surface area contributed by atoms with E-state index < -0.39 is 5.60 Å². The van der Waals surface area contributed by atoms with E-state index in [0.717, 1.165) is 13.0 Å². The highest BCUT2D eigenvalue weighted by atomic mass is 16.6. The standard InChI is InChI=1S/C24H27NO4/c26-23(25-12-10-24(27,11-13-25)17-9-14-28-15-17)29-16-22-20-7-3-1-5-18(20)19-6-2-4-8-21(19)22/h1-8,17,22,27H,9-16H2. The highest BCUT2D eigenvalue weighted by Gasteiger charge is 2.42. The lowest BCUT2D eigenvalue weighted by molar-refractivity contribution is -0.0656. The number of hydrogen-bond acceptors (Lipinski definition) is 4. The van der Waals surface area contributed by atoms with E-state index in [-0.39, 0.29) is 17.9 Å². The van der Waals surface area contributed by atoms with Crippen LogP contribution in [0.25, 0.3) is 11.1 Å². The Labute approximate surface area is 171 Å². The Morgan fingerprint density at radius 1 is 1.07 bits per heavy atom. The summed E-state index contributed by atoms with van der Waals surface area (Å²) in [6.45, 7) is 2.75. The molecule has 2 aliphatic heterocycles. The van der Waals surface area contributed by atoms with Gasteiger partial charge in [0.05, 0.1) is 12.2 Å². The predicted molar refractivity (Wildman–Crippen MR) is 110 cm³/mol. The normalized spacial score (nSPS) is 22.9. The highest BCUT2D eigenvalue weighted by molar-refractivity contribution is 5.79. The Bertz CT molecular complexity index is 852. The molecule has 2 aromatic carbocycles. The maximum Gasteiger partial charge on any atom is 0.409 e. The molecule has 1 unspecified atom stereocenters. The van der Waals surface area contributed by atoms with Gasteiger partial charge in [-0.2, -0.15) is 0 Å². The zero-order chi connectivity index (χ0) is 19.8. The van der Waals surface area contributed by atoms with Gasteiger partial charge < -0.3 is 19.5 Å². The third-order valence-corrected chi connectivity index (χ3v) is 6.91. The fraction of sp³-hybridized carbons (Fsp3) is 0.458. The van der Waals surface area contributed by atoms with Crippen molar-refractivity contribution in [3.63, 3.8) is 0 Å². The molecule has 1 aliphatic carbocycles. The van der Waals surface area contributed by atoms with Crippen molar-refractivity contribution in [3.05, 3.63) is 59.7 Å². The van der Waals surface area contributed by atoms with E-state index in [1.54, 1.807) is 4.90 Å². The Morgan fingerprint density at radius 3 is 2.28 bits per heavy atom. The molecule has 0 radical (unpaired) electrons. The lowest BCUT2D eigenvalue weighted by Gasteiger charge is -2.40. The van der Waals surface area contributed by atoms with Gasteiger partial charge in [0, 0.05) is 31.5 Å². The summed E-state index contributed by atoms with van der Waals surface area (Å²) in [7, 11) is 0. The summed E-state index contributed by atoms with van der Waals surface area (Å²) in [5, 5.41) is 10.9. The minimum absolute atomic E-state index is 0.0729. The quantitative estimate of drug-likeness (QED) is 0.862. The van der Waals surface area contributed by atoms with Crippen molar-refractivity contribution in [2.45, 2.75) is 30.8 Å². The average Bonchev–Trinajstić information content (AvgIpc) is 3.40. The number of rotatable bonds is 3. The Hall–Kier alpha value is -2.37. The first-order valence-electron chi connectivity index (χ1n) is 10.6. The summed E-state index contributed by atoms with van der Waals surface area (Å²) in [6.07, 6.45) is 1.80. The first-order valence-corrected chi connectivity index (χ1v) is 10.6. The number of aliphatic hydroxyl groups is 1. The minimum Gasteiger partial charge on any atom is -0.448 e. The molecule has 1 amide bonds. The highest BCUT2D eigenvalue weighted by Crippen LogP contribution is 2.44. The van der Waals surface area contributed by atoms with Gasteiger partial charge in [-0.25, -0.2) is 4.79 Å². The third kappa shape index (κ3) is 3.32. The second kappa shape index (κ2) is 7.47. The maximum absolute atomic E-state index is 12.7. The van der Waals surface area contributed by atoms with Gasteiger partial charge in [0.15, 0.2) is 0 Å². The summed E-state index contributed by atoms with van der Waals surface area (Å²) in [4.78, 5) is 14.4. The van der Waals surface area contributed by atoms with Gasteiger partial charge in [-0.15, -0.1) is 0 Å². The average molecular weight is 393 g/mol. The van der Waals surface area contributed by atoms with Crippen molar-refractivity contribution in [1.82, 2.24) is 4.90 Å². The van der Waals surface area contributed by atoms with Crippen LogP contribution >= 0.6 is 0 Å². The van der Waals surface area contributed by atoms with Crippen molar-refractivity contribution >= 4 is 6.09 Å². The molecule has 152 valence electrons. The SMILES string of the molecule is O=C(OCC1c2ccccc2-c2ccccc21)N1CCC(O)(C2CCOC2)CC1. The number of carbonyl (C=O) groups excluding carboxylic acids is 1. The van der Waals surface area contributed by atoms with Gasteiger partial charge in [-0.3, -0.25) is 0 Å². The summed E-state index contributed by atoms with van der Waals surface area (Å²) >= 11 is 0. The Balaban J connectivity index is 1.23. The van der Waals surface area contributed by atoms with Crippen molar-refractivity contribution in [1.29, 1.82) is 0 Å². The molecule has 5 heteroatoms. The molecule has 3 aliphatic rings. The van der Waals surface area contributed by atoms with Crippen LogP contribution in [-0.2, 0) is 9.47 Å². The van der Waals surface area contributed by atoms with Crippen molar-refractivity contribution in [2.75, 3.05) is 32.9 Å². The van der Waals surface area contributed by atoms with E-state index in [4.69, 9.17) is 9.47 Å². The molecule has 5 nitrogen and oxygen atoms in total. The van der Waals surface area contributed by atoms with Crippen LogP contribution in [0.5, 0.6) is 0 Å². The van der Waals surface area contributed by atoms with Crippen LogP contribution < -0.4 is 0 Å². The van der Waals surface area contributed by atoms with Crippen molar-refractivity contribution in [2.24, 2.45) is 5.92 Å². The van der Waals surface area contributed by atoms with Crippen LogP contribution in [-0.4, -0.2) is 54.6 Å². The van der Waals surface area contributed by atoms with Crippen LogP contribution in [0.1, 0.15) is 36.3 Å². The van der Waals surface area contributed by atoms with Gasteiger partial charge in [-0.1, -0.05) is 48.5 Å². The van der Waals surface area contributed by atoms with Crippen LogP contribution in [0.3, 0.4) is 0 Å². The fourth-order valence-corrected chi connectivity index (χ4v) is 5.13. The van der Waals surface area contributed by atoms with Crippen LogP contribution in [0, 0.1) is 5.92 Å². The maximum atomic E-state index is 12.7. The molecule has 5 rings (SSSR count). The van der Waals surface area contributed by atoms with E-state index in [0.29, 0.717) is 39.1 Å². The van der Waals surface area contributed by atoms with Gasteiger partial charge in [-0.05, 0) is 41.5 Å². The molecule has 2 heterocycles. The first-order chi connectivity index (χ1) is 14.2. The number of likely N-dealkylation sites (tertiary alicyclic amines) is 1. The molecule has 29 heavy (non-hydrogen) atoms. The van der Waals surface area contributed by atoms with E-state index in [1.807, 2.05) is 24.3 Å². The molecule has 1 atom stereocenters. The number of amides is 1. The summed E-state index contributed by atoms with van der Waals surface area (Å²) in [6, 6.07) is 16.7. The first kappa shape index (κ1) is 18.6. The molecule has 0 saturated carbocycles. The number of benzene rings is 2. The lowest BCUT2D eigenvalue weighted by Crippen LogP contribution is -2.50. The van der Waals surface area contributed by atoms with Crippen molar-refractivity contribution in [3.8, 4) is 11.1 Å². The number of piperidine rings is 1. The van der Waals surface area contributed by atoms with E-state index in [9.17, 15) is 9.90 Å². The Morgan fingerprint density at radius 2 is 1.69 bits per heavy atom. The molecule has 1 N–H and O–H groups in total. The van der Waals surface area contributed by atoms with Crippen LogP contribution in [0.15, 0.2) is 48.5 Å². The zero-order valence-corrected chi connectivity index (χ0v) is 16.5. The van der Waals surface area contributed by atoms with E-state index in [2.05, 4.69) is 24.3 Å². The van der Waals surface area contributed by atoms with Gasteiger partial charge in [0.1, 0.15) is 6.61 Å². The fourth-order valence-electron chi connectivity index (χ4n) is 5.13. The monoisotopic (exact) mass is 393 g/mol. The largest absolute Gasteiger partial charge is 0.448 e. The molecular weight excluding hydrogens is 366 g/mol. The van der Waals surface area contributed by atoms with Gasteiger partial charge in [0.25, 0.3) is 0 Å². The van der Waals surface area contributed by atoms with Gasteiger partial charge >= 0.3 is 6.09 Å². The molecule has 0 bridgehead atoms. The van der Waals surface area contributed by atoms with E-state index in [1.165, 1.54) is 22.3 Å². The molecule has 0 spiro atoms. The molecule has 0 aromatic heterocycles. The topological polar surface area (TPSA) is 59.0 Å². The zero-order valence-electron chi connectivity index (χ0n) is 16.5. The summed E-state index contributed by atoms with van der Waals surface area (Å²) in [5.74, 6) is 0.260. The number of hydrogen-bond donors (Lipinski definition) is 1. The smallest absolute Gasteiger partial charge is 0.409 e. The Kier molecular flexibility index (Phi) is 4.80. The number of nitrogens with zero attached hydrogens (tertiary/aromatic N) is 1. The van der Waals surface area contributed by atoms with Crippen LogP contribution in [0.2, 0.25) is 0 Å². The molecular formula is C24H27NO4. The molecule has 2 saturated heterocycles. The van der Waals surface area contributed by atoms with Crippen molar-refractivity contribution < 1.29 is 19.4 Å². The summed E-state index contributed by atoms with van der Waals surface area (Å²) < 4.78 is 11.2. The second-order valence-corrected chi connectivity index (χ2v) is 8.46. The lowest BCUT2D eigenvalue weighted by atomic mass is 9.79. The third-order valence-electron chi connectivity index (χ3n) is 6.91. The number of carbonyl (C=O) groups is 1. The second-order valence-electron chi connectivity index (χ2n) is 8.46. The minimum atomic E-state index is -0.712. The summed E-state index contributed by atoms with van der Waals surface area (Å²) in [5.41, 5.74) is 4.18.